The topological polar surface area (TPSA) is 55.4 Å². The molecule has 0 amide bonds. The Bertz CT molecular complexity index is 154. The maximum atomic E-state index is 10.0. The van der Waals surface area contributed by atoms with E-state index in [4.69, 9.17) is 4.74 Å². The molecule has 1 saturated heterocycles. The van der Waals surface area contributed by atoms with Gasteiger partial charge in [-0.1, -0.05) is 0 Å². The zero-order valence-corrected chi connectivity index (χ0v) is 6.47. The van der Waals surface area contributed by atoms with Gasteiger partial charge in [-0.3, -0.25) is 0 Å². The number of hydrogen-bond donors (Lipinski definition) is 2. The van der Waals surface area contributed by atoms with Gasteiger partial charge >= 0.3 is 0 Å². The van der Waals surface area contributed by atoms with Crippen molar-refractivity contribution in [3.8, 4) is 0 Å². The van der Waals surface area contributed by atoms with Gasteiger partial charge in [0.15, 0.2) is 0 Å². The molecule has 10 heavy (non-hydrogen) atoms. The summed E-state index contributed by atoms with van der Waals surface area (Å²) in [5, 5.41) is 0. The summed E-state index contributed by atoms with van der Waals surface area (Å²) < 4.78 is 27.5. The van der Waals surface area contributed by atoms with Crippen LogP contribution in [0.4, 0.5) is 0 Å². The summed E-state index contributed by atoms with van der Waals surface area (Å²) in [7, 11) is -2.45. The van der Waals surface area contributed by atoms with Crippen LogP contribution in [0.5, 0.6) is 0 Å². The van der Waals surface area contributed by atoms with Gasteiger partial charge in [0.1, 0.15) is 0 Å². The van der Waals surface area contributed by atoms with E-state index >= 15 is 0 Å². The summed E-state index contributed by atoms with van der Waals surface area (Å²) in [6, 6.07) is 0. The van der Waals surface area contributed by atoms with Crippen LogP contribution in [0.25, 0.3) is 0 Å². The summed E-state index contributed by atoms with van der Waals surface area (Å²) in [4.78, 5) is 0. The highest BCUT2D eigenvalue weighted by atomic mass is 32.2. The smallest absolute Gasteiger partial charge is 0.201 e. The van der Waals surface area contributed by atoms with E-state index < -0.39 is 10.9 Å². The van der Waals surface area contributed by atoms with Crippen molar-refractivity contribution in [1.29, 1.82) is 0 Å². The van der Waals surface area contributed by atoms with Crippen molar-refractivity contribution in [2.45, 2.75) is 18.9 Å². The van der Waals surface area contributed by atoms with E-state index in [0.29, 0.717) is 6.54 Å². The van der Waals surface area contributed by atoms with Gasteiger partial charge in [-0.25, -0.2) is 13.1 Å². The predicted molar refractivity (Wildman–Crippen MR) is 37.3 cm³/mol. The van der Waals surface area contributed by atoms with Crippen molar-refractivity contribution in [1.82, 2.24) is 4.72 Å². The monoisotopic (exact) mass is 165 g/mol. The molecular weight excluding hydrogens is 154 g/mol. The molecule has 1 unspecified atom stereocenters. The molecule has 0 radical (unpaired) electrons. The van der Waals surface area contributed by atoms with E-state index in [0.717, 1.165) is 19.4 Å². The summed E-state index contributed by atoms with van der Waals surface area (Å²) in [5.74, 6) is 0. The van der Waals surface area contributed by atoms with Gasteiger partial charge < -0.3 is 4.74 Å². The van der Waals surface area contributed by atoms with Crippen LogP contribution in [0.2, 0.25) is 0 Å². The third-order valence-electron chi connectivity index (χ3n) is 1.47. The molecule has 0 aromatic heterocycles. The average Bonchev–Trinajstić information content (AvgIpc) is 2.34. The van der Waals surface area contributed by atoms with E-state index in [-0.39, 0.29) is 6.10 Å². The van der Waals surface area contributed by atoms with E-state index in [9.17, 15) is 8.42 Å². The van der Waals surface area contributed by atoms with Crippen LogP contribution < -0.4 is 4.72 Å². The lowest BCUT2D eigenvalue weighted by Crippen LogP contribution is -2.24. The Morgan fingerprint density at radius 3 is 2.90 bits per heavy atom. The number of ether oxygens (including phenoxy) is 1. The molecule has 1 atom stereocenters. The zero-order valence-electron chi connectivity index (χ0n) is 5.58. The molecule has 60 valence electrons. The Morgan fingerprint density at radius 1 is 1.60 bits per heavy atom. The van der Waals surface area contributed by atoms with Gasteiger partial charge in [-0.2, -0.15) is 0 Å². The second-order valence-corrected chi connectivity index (χ2v) is 3.08. The van der Waals surface area contributed by atoms with E-state index in [1.54, 1.807) is 0 Å². The highest BCUT2D eigenvalue weighted by Gasteiger charge is 2.14. The fourth-order valence-corrected chi connectivity index (χ4v) is 1.33. The van der Waals surface area contributed by atoms with Crippen molar-refractivity contribution < 1.29 is 13.2 Å². The highest BCUT2D eigenvalue weighted by Crippen LogP contribution is 2.10. The molecule has 0 bridgehead atoms. The average molecular weight is 165 g/mol. The maximum Gasteiger partial charge on any atom is 0.201 e. The number of thiol groups is 1. The molecule has 0 aliphatic carbocycles. The molecule has 0 spiro atoms. The van der Waals surface area contributed by atoms with Crippen molar-refractivity contribution in [2.75, 3.05) is 13.2 Å². The van der Waals surface area contributed by atoms with Gasteiger partial charge in [-0.05, 0) is 12.8 Å². The van der Waals surface area contributed by atoms with Crippen molar-refractivity contribution in [2.24, 2.45) is 0 Å². The maximum absolute atomic E-state index is 10.0. The van der Waals surface area contributed by atoms with Gasteiger partial charge in [0.25, 0.3) is 0 Å². The minimum Gasteiger partial charge on any atom is -0.377 e. The standard InChI is InChI=1S/C5H11NO3S/c7-10(8)6-4-5-2-1-3-9-5/h5,10H,1-4H2,(H,6,7,8). The molecule has 1 aliphatic heterocycles. The van der Waals surface area contributed by atoms with E-state index in [1.807, 2.05) is 0 Å². The molecule has 1 aliphatic rings. The summed E-state index contributed by atoms with van der Waals surface area (Å²) in [6.45, 7) is 1.20. The van der Waals surface area contributed by atoms with E-state index in [1.165, 1.54) is 0 Å². The third kappa shape index (κ3) is 2.64. The largest absolute Gasteiger partial charge is 0.377 e. The van der Waals surface area contributed by atoms with Crippen LogP contribution in [0, 0.1) is 0 Å². The highest BCUT2D eigenvalue weighted by molar-refractivity contribution is 7.70. The molecule has 1 fully saturated rings. The number of hydrogen-bond acceptors (Lipinski definition) is 3. The van der Waals surface area contributed by atoms with Gasteiger partial charge in [0, 0.05) is 13.2 Å². The molecule has 0 aromatic carbocycles. The van der Waals surface area contributed by atoms with Gasteiger partial charge in [0.05, 0.1) is 6.10 Å². The summed E-state index contributed by atoms with van der Waals surface area (Å²) >= 11 is 0. The fraction of sp³-hybridized carbons (Fsp3) is 1.00. The molecule has 1 rings (SSSR count). The first-order chi connectivity index (χ1) is 4.79. The van der Waals surface area contributed by atoms with Crippen LogP contribution in [0.1, 0.15) is 12.8 Å². The van der Waals surface area contributed by atoms with Crippen LogP contribution in [0.3, 0.4) is 0 Å². The second kappa shape index (κ2) is 3.90. The Morgan fingerprint density at radius 2 is 2.40 bits per heavy atom. The molecule has 5 heteroatoms. The molecule has 1 heterocycles. The zero-order chi connectivity index (χ0) is 7.40. The molecule has 0 aromatic rings. The molecule has 1 N–H and O–H groups in total. The van der Waals surface area contributed by atoms with Crippen LogP contribution >= 0.6 is 0 Å². The minimum absolute atomic E-state index is 0.105. The van der Waals surface area contributed by atoms with Crippen molar-refractivity contribution in [3.63, 3.8) is 0 Å². The van der Waals surface area contributed by atoms with E-state index in [2.05, 4.69) is 4.72 Å². The van der Waals surface area contributed by atoms with Crippen LogP contribution in [-0.2, 0) is 15.6 Å². The molecular formula is C5H11NO3S. The lowest BCUT2D eigenvalue weighted by molar-refractivity contribution is 0.114. The number of nitrogens with one attached hydrogen (secondary N) is 1. The molecule has 4 nitrogen and oxygen atoms in total. The Hall–Kier alpha value is -0.130. The second-order valence-electron chi connectivity index (χ2n) is 2.25. The van der Waals surface area contributed by atoms with Crippen molar-refractivity contribution >= 4 is 10.9 Å². The summed E-state index contributed by atoms with van der Waals surface area (Å²) in [6.07, 6.45) is 2.12. The van der Waals surface area contributed by atoms with Crippen molar-refractivity contribution in [3.05, 3.63) is 0 Å². The predicted octanol–water partition coefficient (Wildman–Crippen LogP) is -0.719. The first-order valence-electron chi connectivity index (χ1n) is 3.28. The van der Waals surface area contributed by atoms with Gasteiger partial charge in [-0.15, -0.1) is 0 Å². The Kier molecular flexibility index (Phi) is 3.11. The van der Waals surface area contributed by atoms with Crippen LogP contribution in [-0.4, -0.2) is 27.7 Å². The number of rotatable bonds is 3. The lowest BCUT2D eigenvalue weighted by atomic mass is 10.2. The third-order valence-corrected chi connectivity index (χ3v) is 1.91. The quantitative estimate of drug-likeness (QED) is 0.543. The SMILES string of the molecule is O=[SH](=O)NCC1CCCO1. The first kappa shape index (κ1) is 7.97. The lowest BCUT2D eigenvalue weighted by Gasteiger charge is -2.05. The first-order valence-corrected chi connectivity index (χ1v) is 4.46. The summed E-state index contributed by atoms with van der Waals surface area (Å²) in [5.41, 5.74) is 0. The Balaban J connectivity index is 2.12. The normalized spacial score (nSPS) is 25.9. The van der Waals surface area contributed by atoms with Gasteiger partial charge in [0.2, 0.25) is 10.9 Å². The van der Waals surface area contributed by atoms with Crippen LogP contribution in [0.15, 0.2) is 0 Å². The fourth-order valence-electron chi connectivity index (χ4n) is 0.982. The Labute approximate surface area is 61.6 Å². The minimum atomic E-state index is -2.45. The molecule has 0 saturated carbocycles.